The Labute approximate surface area is 106 Å². The molecule has 0 atom stereocenters. The summed E-state index contributed by atoms with van der Waals surface area (Å²) in [6.45, 7) is 2.54. The molecule has 4 heteroatoms. The van der Waals surface area contributed by atoms with Gasteiger partial charge in [0.05, 0.1) is 23.5 Å². The molecule has 0 fully saturated rings. The number of nitriles is 1. The Bertz CT molecular complexity index is 599. The van der Waals surface area contributed by atoms with Crippen molar-refractivity contribution in [3.63, 3.8) is 0 Å². The summed E-state index contributed by atoms with van der Waals surface area (Å²) in [7, 11) is 0. The SMILES string of the molecule is Cc1cccc(CNc2ccc(N)cc2C#N)n1. The molecule has 0 spiro atoms. The molecule has 0 unspecified atom stereocenters. The van der Waals surface area contributed by atoms with Crippen LogP contribution in [0.1, 0.15) is 17.0 Å². The minimum Gasteiger partial charge on any atom is -0.399 e. The number of nitrogens with zero attached hydrogens (tertiary/aromatic N) is 2. The lowest BCUT2D eigenvalue weighted by Crippen LogP contribution is -2.04. The van der Waals surface area contributed by atoms with Gasteiger partial charge in [-0.25, -0.2) is 0 Å². The molecule has 2 aromatic rings. The Kier molecular flexibility index (Phi) is 3.44. The molecule has 0 saturated heterocycles. The minimum atomic E-state index is 0.544. The fourth-order valence-electron chi connectivity index (χ4n) is 1.69. The van der Waals surface area contributed by atoms with Crippen molar-refractivity contribution < 1.29 is 0 Å². The van der Waals surface area contributed by atoms with Gasteiger partial charge in [0.2, 0.25) is 0 Å². The number of rotatable bonds is 3. The lowest BCUT2D eigenvalue weighted by molar-refractivity contribution is 1.01. The van der Waals surface area contributed by atoms with Crippen molar-refractivity contribution in [1.29, 1.82) is 5.26 Å². The van der Waals surface area contributed by atoms with Crippen LogP contribution in [0, 0.1) is 18.3 Å². The summed E-state index contributed by atoms with van der Waals surface area (Å²) in [5, 5.41) is 12.2. The quantitative estimate of drug-likeness (QED) is 0.805. The van der Waals surface area contributed by atoms with Crippen molar-refractivity contribution in [3.05, 3.63) is 53.3 Å². The molecule has 0 radical (unpaired) electrons. The fraction of sp³-hybridized carbons (Fsp3) is 0.143. The molecular formula is C14H14N4. The van der Waals surface area contributed by atoms with E-state index in [1.165, 1.54) is 0 Å². The van der Waals surface area contributed by atoms with E-state index in [1.54, 1.807) is 12.1 Å². The molecule has 0 amide bonds. The predicted molar refractivity (Wildman–Crippen MR) is 71.9 cm³/mol. The largest absolute Gasteiger partial charge is 0.399 e. The van der Waals surface area contributed by atoms with Gasteiger partial charge < -0.3 is 11.1 Å². The van der Waals surface area contributed by atoms with Crippen LogP contribution in [0.25, 0.3) is 0 Å². The second-order valence-electron chi connectivity index (χ2n) is 4.04. The number of anilines is 2. The summed E-state index contributed by atoms with van der Waals surface area (Å²) in [4.78, 5) is 4.39. The van der Waals surface area contributed by atoms with E-state index in [1.807, 2.05) is 31.2 Å². The molecule has 1 heterocycles. The van der Waals surface area contributed by atoms with Gasteiger partial charge in [0, 0.05) is 11.4 Å². The van der Waals surface area contributed by atoms with E-state index in [9.17, 15) is 0 Å². The number of benzene rings is 1. The fourth-order valence-corrected chi connectivity index (χ4v) is 1.69. The summed E-state index contributed by atoms with van der Waals surface area (Å²) in [5.74, 6) is 0. The van der Waals surface area contributed by atoms with Crippen LogP contribution in [0.2, 0.25) is 0 Å². The third kappa shape index (κ3) is 2.77. The van der Waals surface area contributed by atoms with Gasteiger partial charge in [0.15, 0.2) is 0 Å². The minimum absolute atomic E-state index is 0.544. The Morgan fingerprint density at radius 3 is 2.89 bits per heavy atom. The number of nitrogens with one attached hydrogen (secondary N) is 1. The van der Waals surface area contributed by atoms with Gasteiger partial charge in [-0.2, -0.15) is 5.26 Å². The van der Waals surface area contributed by atoms with E-state index in [0.29, 0.717) is 17.8 Å². The number of pyridine rings is 1. The zero-order valence-corrected chi connectivity index (χ0v) is 10.1. The van der Waals surface area contributed by atoms with E-state index < -0.39 is 0 Å². The lowest BCUT2D eigenvalue weighted by Gasteiger charge is -2.08. The third-order valence-electron chi connectivity index (χ3n) is 2.57. The summed E-state index contributed by atoms with van der Waals surface area (Å²) in [5.41, 5.74) is 9.46. The van der Waals surface area contributed by atoms with Crippen LogP contribution >= 0.6 is 0 Å². The van der Waals surface area contributed by atoms with Gasteiger partial charge in [-0.1, -0.05) is 6.07 Å². The zero-order valence-electron chi connectivity index (χ0n) is 10.1. The number of aromatic nitrogens is 1. The van der Waals surface area contributed by atoms with Gasteiger partial charge >= 0.3 is 0 Å². The van der Waals surface area contributed by atoms with Crippen LogP contribution in [0.3, 0.4) is 0 Å². The first kappa shape index (κ1) is 11.9. The topological polar surface area (TPSA) is 74.7 Å². The van der Waals surface area contributed by atoms with E-state index in [-0.39, 0.29) is 0 Å². The number of hydrogen-bond acceptors (Lipinski definition) is 4. The third-order valence-corrected chi connectivity index (χ3v) is 2.57. The predicted octanol–water partition coefficient (Wildman–Crippen LogP) is 2.46. The first-order chi connectivity index (χ1) is 8.69. The lowest BCUT2D eigenvalue weighted by atomic mass is 10.1. The number of hydrogen-bond donors (Lipinski definition) is 2. The monoisotopic (exact) mass is 238 g/mol. The molecule has 1 aromatic heterocycles. The maximum atomic E-state index is 9.02. The molecule has 0 saturated carbocycles. The summed E-state index contributed by atoms with van der Waals surface area (Å²) < 4.78 is 0. The molecule has 3 N–H and O–H groups in total. The summed E-state index contributed by atoms with van der Waals surface area (Å²) in [6, 6.07) is 13.2. The Morgan fingerprint density at radius 2 is 2.17 bits per heavy atom. The maximum Gasteiger partial charge on any atom is 0.101 e. The van der Waals surface area contributed by atoms with Crippen molar-refractivity contribution in [2.45, 2.75) is 13.5 Å². The summed E-state index contributed by atoms with van der Waals surface area (Å²) in [6.07, 6.45) is 0. The first-order valence-electron chi connectivity index (χ1n) is 5.65. The smallest absolute Gasteiger partial charge is 0.101 e. The normalized spacial score (nSPS) is 9.78. The second kappa shape index (κ2) is 5.19. The van der Waals surface area contributed by atoms with Gasteiger partial charge in [-0.05, 0) is 37.3 Å². The van der Waals surface area contributed by atoms with Gasteiger partial charge in [0.1, 0.15) is 6.07 Å². The van der Waals surface area contributed by atoms with Crippen molar-refractivity contribution in [2.24, 2.45) is 0 Å². The number of nitrogen functional groups attached to an aromatic ring is 1. The van der Waals surface area contributed by atoms with Crippen LogP contribution in [0.15, 0.2) is 36.4 Å². The van der Waals surface area contributed by atoms with Gasteiger partial charge in [0.25, 0.3) is 0 Å². The Morgan fingerprint density at radius 1 is 1.33 bits per heavy atom. The molecule has 2 rings (SSSR count). The standard InChI is InChI=1S/C14H14N4/c1-10-3-2-4-13(18-10)9-17-14-6-5-12(16)7-11(14)8-15/h2-7,17H,9,16H2,1H3. The highest BCUT2D eigenvalue weighted by Crippen LogP contribution is 2.18. The first-order valence-corrected chi connectivity index (χ1v) is 5.65. The molecule has 4 nitrogen and oxygen atoms in total. The molecule has 0 aliphatic rings. The molecular weight excluding hydrogens is 224 g/mol. The van der Waals surface area contributed by atoms with Gasteiger partial charge in [-0.3, -0.25) is 4.98 Å². The van der Waals surface area contributed by atoms with Crippen LogP contribution < -0.4 is 11.1 Å². The second-order valence-corrected chi connectivity index (χ2v) is 4.04. The van der Waals surface area contributed by atoms with Crippen molar-refractivity contribution in [1.82, 2.24) is 4.98 Å². The van der Waals surface area contributed by atoms with Crippen LogP contribution in [0.5, 0.6) is 0 Å². The van der Waals surface area contributed by atoms with E-state index in [0.717, 1.165) is 17.1 Å². The molecule has 18 heavy (non-hydrogen) atoms. The average Bonchev–Trinajstić information content (AvgIpc) is 2.37. The Balaban J connectivity index is 2.14. The highest BCUT2D eigenvalue weighted by atomic mass is 14.9. The molecule has 1 aromatic carbocycles. The van der Waals surface area contributed by atoms with E-state index in [4.69, 9.17) is 11.0 Å². The average molecular weight is 238 g/mol. The number of aryl methyl sites for hydroxylation is 1. The number of nitrogens with two attached hydrogens (primary N) is 1. The Hall–Kier alpha value is -2.54. The highest BCUT2D eigenvalue weighted by molar-refractivity contribution is 5.62. The van der Waals surface area contributed by atoms with Crippen LogP contribution in [0.4, 0.5) is 11.4 Å². The maximum absolute atomic E-state index is 9.02. The van der Waals surface area contributed by atoms with Gasteiger partial charge in [-0.15, -0.1) is 0 Å². The van der Waals surface area contributed by atoms with E-state index >= 15 is 0 Å². The van der Waals surface area contributed by atoms with Crippen molar-refractivity contribution >= 4 is 11.4 Å². The van der Waals surface area contributed by atoms with E-state index in [2.05, 4.69) is 16.4 Å². The summed E-state index contributed by atoms with van der Waals surface area (Å²) >= 11 is 0. The van der Waals surface area contributed by atoms with Crippen molar-refractivity contribution in [3.8, 4) is 6.07 Å². The highest BCUT2D eigenvalue weighted by Gasteiger charge is 2.02. The zero-order chi connectivity index (χ0) is 13.0. The van der Waals surface area contributed by atoms with Crippen LogP contribution in [-0.4, -0.2) is 4.98 Å². The molecule has 0 bridgehead atoms. The molecule has 0 aliphatic heterocycles. The molecule has 90 valence electrons. The molecule has 0 aliphatic carbocycles. The van der Waals surface area contributed by atoms with Crippen molar-refractivity contribution in [2.75, 3.05) is 11.1 Å². The van der Waals surface area contributed by atoms with Crippen LogP contribution in [-0.2, 0) is 6.54 Å².